The van der Waals surface area contributed by atoms with Crippen LogP contribution in [0.5, 0.6) is 5.75 Å². The second-order valence-electron chi connectivity index (χ2n) is 3.22. The molecule has 1 rings (SSSR count). The van der Waals surface area contributed by atoms with Gasteiger partial charge in [-0.3, -0.25) is 4.98 Å². The van der Waals surface area contributed by atoms with Crippen molar-refractivity contribution in [2.24, 2.45) is 0 Å². The highest BCUT2D eigenvalue weighted by Crippen LogP contribution is 2.15. The SMILES string of the molecule is CCC(=CCOc1cncc(Cl)c1)C(=O)OC. The maximum atomic E-state index is 11.3. The molecule has 0 N–H and O–H groups in total. The molecule has 4 nitrogen and oxygen atoms in total. The molecular formula is C12H14ClNO3. The van der Waals surface area contributed by atoms with Crippen LogP contribution in [0.15, 0.2) is 30.1 Å². The summed E-state index contributed by atoms with van der Waals surface area (Å²) < 4.78 is 10.0. The standard InChI is InChI=1S/C12H14ClNO3/c1-3-9(12(15)16-2)4-5-17-11-6-10(13)7-14-8-11/h4,6-8H,3,5H2,1-2H3. The third kappa shape index (κ3) is 4.44. The second kappa shape index (κ2) is 6.91. The van der Waals surface area contributed by atoms with E-state index >= 15 is 0 Å². The average molecular weight is 256 g/mol. The van der Waals surface area contributed by atoms with Crippen LogP contribution in [-0.4, -0.2) is 24.7 Å². The number of rotatable bonds is 5. The molecule has 17 heavy (non-hydrogen) atoms. The van der Waals surface area contributed by atoms with Gasteiger partial charge in [-0.2, -0.15) is 0 Å². The second-order valence-corrected chi connectivity index (χ2v) is 3.66. The smallest absolute Gasteiger partial charge is 0.333 e. The Labute approximate surface area is 105 Å². The molecule has 0 aliphatic rings. The summed E-state index contributed by atoms with van der Waals surface area (Å²) in [5.74, 6) is 0.231. The molecule has 0 radical (unpaired) electrons. The Balaban J connectivity index is 2.56. The van der Waals surface area contributed by atoms with Gasteiger partial charge in [0.05, 0.1) is 18.3 Å². The van der Waals surface area contributed by atoms with Crippen LogP contribution in [0.2, 0.25) is 5.02 Å². The zero-order chi connectivity index (χ0) is 12.7. The normalized spacial score (nSPS) is 11.1. The van der Waals surface area contributed by atoms with Crippen molar-refractivity contribution in [3.63, 3.8) is 0 Å². The van der Waals surface area contributed by atoms with Crippen LogP contribution >= 0.6 is 11.6 Å². The van der Waals surface area contributed by atoms with E-state index in [0.717, 1.165) is 0 Å². The van der Waals surface area contributed by atoms with E-state index in [1.54, 1.807) is 18.3 Å². The lowest BCUT2D eigenvalue weighted by Crippen LogP contribution is -2.06. The number of halogens is 1. The van der Waals surface area contributed by atoms with Gasteiger partial charge in [-0.15, -0.1) is 0 Å². The summed E-state index contributed by atoms with van der Waals surface area (Å²) in [5, 5.41) is 0.509. The zero-order valence-corrected chi connectivity index (χ0v) is 10.5. The first-order valence-electron chi connectivity index (χ1n) is 5.18. The van der Waals surface area contributed by atoms with Gasteiger partial charge in [0.25, 0.3) is 0 Å². The van der Waals surface area contributed by atoms with Gasteiger partial charge in [0.1, 0.15) is 12.4 Å². The Morgan fingerprint density at radius 3 is 2.88 bits per heavy atom. The number of carbonyl (C=O) groups is 1. The third-order valence-corrected chi connectivity index (χ3v) is 2.29. The van der Waals surface area contributed by atoms with E-state index in [9.17, 15) is 4.79 Å². The molecule has 0 amide bonds. The number of esters is 1. The first kappa shape index (κ1) is 13.5. The van der Waals surface area contributed by atoms with Crippen molar-refractivity contribution in [1.82, 2.24) is 4.98 Å². The molecule has 1 aromatic rings. The molecular weight excluding hydrogens is 242 g/mol. The summed E-state index contributed by atoms with van der Waals surface area (Å²) in [6, 6.07) is 1.66. The fourth-order valence-electron chi connectivity index (χ4n) is 1.21. The Morgan fingerprint density at radius 1 is 1.53 bits per heavy atom. The van der Waals surface area contributed by atoms with E-state index in [1.165, 1.54) is 13.3 Å². The van der Waals surface area contributed by atoms with E-state index in [0.29, 0.717) is 22.8 Å². The van der Waals surface area contributed by atoms with Gasteiger partial charge >= 0.3 is 5.97 Å². The Hall–Kier alpha value is -1.55. The van der Waals surface area contributed by atoms with Crippen LogP contribution in [0.3, 0.4) is 0 Å². The van der Waals surface area contributed by atoms with Crippen LogP contribution in [0.1, 0.15) is 13.3 Å². The van der Waals surface area contributed by atoms with Crippen LogP contribution in [0.4, 0.5) is 0 Å². The Morgan fingerprint density at radius 2 is 2.29 bits per heavy atom. The van der Waals surface area contributed by atoms with Crippen LogP contribution in [-0.2, 0) is 9.53 Å². The molecule has 92 valence electrons. The minimum absolute atomic E-state index is 0.278. The number of hydrogen-bond donors (Lipinski definition) is 0. The summed E-state index contributed by atoms with van der Waals surface area (Å²) in [7, 11) is 1.35. The number of ether oxygens (including phenoxy) is 2. The van der Waals surface area contributed by atoms with Crippen LogP contribution in [0, 0.1) is 0 Å². The summed E-state index contributed by atoms with van der Waals surface area (Å²) in [6.07, 6.45) is 5.37. The topological polar surface area (TPSA) is 48.4 Å². The maximum absolute atomic E-state index is 11.3. The predicted molar refractivity (Wildman–Crippen MR) is 65.1 cm³/mol. The van der Waals surface area contributed by atoms with E-state index in [4.69, 9.17) is 16.3 Å². The summed E-state index contributed by atoms with van der Waals surface area (Å²) in [6.45, 7) is 2.16. The third-order valence-electron chi connectivity index (χ3n) is 2.09. The molecule has 5 heteroatoms. The van der Waals surface area contributed by atoms with Crippen molar-refractivity contribution in [1.29, 1.82) is 0 Å². The van der Waals surface area contributed by atoms with Crippen molar-refractivity contribution < 1.29 is 14.3 Å². The molecule has 0 bridgehead atoms. The Kier molecular flexibility index (Phi) is 5.49. The summed E-state index contributed by atoms with van der Waals surface area (Å²) >= 11 is 5.75. The Bertz CT molecular complexity index is 418. The molecule has 0 fully saturated rings. The van der Waals surface area contributed by atoms with E-state index in [-0.39, 0.29) is 12.6 Å². The molecule has 0 spiro atoms. The lowest BCUT2D eigenvalue weighted by atomic mass is 10.2. The fourth-order valence-corrected chi connectivity index (χ4v) is 1.38. The van der Waals surface area contributed by atoms with E-state index in [2.05, 4.69) is 9.72 Å². The average Bonchev–Trinajstić information content (AvgIpc) is 2.34. The van der Waals surface area contributed by atoms with Crippen molar-refractivity contribution in [3.8, 4) is 5.75 Å². The maximum Gasteiger partial charge on any atom is 0.333 e. The summed E-state index contributed by atoms with van der Waals surface area (Å²) in [4.78, 5) is 15.1. The molecule has 0 saturated heterocycles. The number of carbonyl (C=O) groups excluding carboxylic acids is 1. The highest BCUT2D eigenvalue weighted by molar-refractivity contribution is 6.30. The lowest BCUT2D eigenvalue weighted by molar-refractivity contribution is -0.136. The van der Waals surface area contributed by atoms with Gasteiger partial charge in [-0.1, -0.05) is 18.5 Å². The minimum Gasteiger partial charge on any atom is -0.488 e. The van der Waals surface area contributed by atoms with Gasteiger partial charge in [0.2, 0.25) is 0 Å². The number of pyridine rings is 1. The lowest BCUT2D eigenvalue weighted by Gasteiger charge is -2.05. The highest BCUT2D eigenvalue weighted by atomic mass is 35.5. The van der Waals surface area contributed by atoms with Gasteiger partial charge in [-0.05, 0) is 12.5 Å². The van der Waals surface area contributed by atoms with Gasteiger partial charge in [-0.25, -0.2) is 4.79 Å². The molecule has 0 atom stereocenters. The van der Waals surface area contributed by atoms with Gasteiger partial charge in [0, 0.05) is 17.8 Å². The molecule has 0 saturated carbocycles. The van der Waals surface area contributed by atoms with E-state index < -0.39 is 0 Å². The van der Waals surface area contributed by atoms with Crippen LogP contribution < -0.4 is 4.74 Å². The van der Waals surface area contributed by atoms with Crippen molar-refractivity contribution in [2.75, 3.05) is 13.7 Å². The van der Waals surface area contributed by atoms with Gasteiger partial charge in [0.15, 0.2) is 0 Å². The molecule has 0 aliphatic carbocycles. The minimum atomic E-state index is -0.333. The zero-order valence-electron chi connectivity index (χ0n) is 9.77. The van der Waals surface area contributed by atoms with Crippen molar-refractivity contribution in [3.05, 3.63) is 35.1 Å². The number of aromatic nitrogens is 1. The highest BCUT2D eigenvalue weighted by Gasteiger charge is 2.06. The molecule has 1 aromatic heterocycles. The number of nitrogens with zero attached hydrogens (tertiary/aromatic N) is 1. The summed E-state index contributed by atoms with van der Waals surface area (Å²) in [5.41, 5.74) is 0.586. The van der Waals surface area contributed by atoms with Gasteiger partial charge < -0.3 is 9.47 Å². The van der Waals surface area contributed by atoms with Crippen molar-refractivity contribution >= 4 is 17.6 Å². The van der Waals surface area contributed by atoms with E-state index in [1.807, 2.05) is 6.92 Å². The largest absolute Gasteiger partial charge is 0.488 e. The molecule has 1 heterocycles. The quantitative estimate of drug-likeness (QED) is 0.599. The van der Waals surface area contributed by atoms with Crippen LogP contribution in [0.25, 0.3) is 0 Å². The monoisotopic (exact) mass is 255 g/mol. The number of methoxy groups -OCH3 is 1. The molecule has 0 aromatic carbocycles. The first-order valence-corrected chi connectivity index (χ1v) is 5.55. The fraction of sp³-hybridized carbons (Fsp3) is 0.333. The van der Waals surface area contributed by atoms with Crippen molar-refractivity contribution in [2.45, 2.75) is 13.3 Å². The number of hydrogen-bond acceptors (Lipinski definition) is 4. The predicted octanol–water partition coefficient (Wildman–Crippen LogP) is 2.62. The molecule has 0 aliphatic heterocycles. The first-order chi connectivity index (χ1) is 8.17. The molecule has 0 unspecified atom stereocenters.